The number of amides is 1. The maximum Gasteiger partial charge on any atom is 0.237 e. The number of benzene rings is 2. The third kappa shape index (κ3) is 5.38. The average molecular weight is 680 g/mol. The highest BCUT2D eigenvalue weighted by Gasteiger charge is 2.49. The molecule has 0 radical (unpaired) electrons. The van der Waals surface area contributed by atoms with Crippen LogP contribution in [0, 0.1) is 23.1 Å². The normalized spacial score (nSPS) is 21.2. The maximum absolute atomic E-state index is 17.1. The highest BCUT2D eigenvalue weighted by Crippen LogP contribution is 2.49. The Kier molecular flexibility index (Phi) is 8.46. The lowest BCUT2D eigenvalue weighted by atomic mass is 9.79. The molecule has 1 saturated carbocycles. The Morgan fingerprint density at radius 3 is 2.68 bits per heavy atom. The van der Waals surface area contributed by atoms with E-state index < -0.39 is 5.82 Å². The number of halogens is 3. The predicted molar refractivity (Wildman–Crippen MR) is 180 cm³/mol. The number of fused-ring (bicyclic) bond motifs is 4. The molecule has 4 aliphatic rings. The van der Waals surface area contributed by atoms with Crippen molar-refractivity contribution in [3.8, 4) is 28.8 Å². The summed E-state index contributed by atoms with van der Waals surface area (Å²) in [6, 6.07) is 9.48. The molecule has 3 atom stereocenters. The molecule has 2 bridgehead atoms. The molecule has 2 N–H and O–H groups in total. The lowest BCUT2D eigenvalue weighted by Gasteiger charge is -2.40. The monoisotopic (exact) mass is 678 g/mol. The first kappa shape index (κ1) is 32.0. The van der Waals surface area contributed by atoms with Gasteiger partial charge in [0.25, 0.3) is 0 Å². The Morgan fingerprint density at radius 1 is 1.21 bits per heavy atom. The Labute approximate surface area is 282 Å². The van der Waals surface area contributed by atoms with Crippen molar-refractivity contribution >= 4 is 50.9 Å². The van der Waals surface area contributed by atoms with Crippen LogP contribution in [0.4, 0.5) is 4.39 Å². The Balaban J connectivity index is 1.48. The fourth-order valence-electron chi connectivity index (χ4n) is 7.67. The number of hydrogen-bond donors (Lipinski definition) is 2. The quantitative estimate of drug-likeness (QED) is 0.210. The molecule has 246 valence electrons. The molecule has 4 aromatic rings. The predicted octanol–water partition coefficient (Wildman–Crippen LogP) is 6.45. The molecule has 4 fully saturated rings. The average Bonchev–Trinajstić information content (AvgIpc) is 3.76. The number of phenolic OH excluding ortho intramolecular Hbond substituents is 1. The first-order valence-electron chi connectivity index (χ1n) is 16.2. The van der Waals surface area contributed by atoms with Crippen molar-refractivity contribution in [1.29, 1.82) is 5.26 Å². The standard InChI is InChI=1S/C35H37Cl2FN6O3/c1-4-47-35-25-12-21(16-43-9-8-42(18(2)3)17-28(43)46)44(33-20-11-27(33)40-15-20)34(25)24-10-19(6-5-7-39)29(31(38)32(24)41-35)23-13-22(45)14-26(36)30(23)37/h10,12-14,18,20,27,33,40,45H,4-6,8-9,11,15-17H2,1-3H3. The van der Waals surface area contributed by atoms with Gasteiger partial charge in [0.2, 0.25) is 11.8 Å². The third-order valence-corrected chi connectivity index (χ3v) is 10.8. The number of nitriles is 1. The minimum absolute atomic E-state index is 0.0839. The van der Waals surface area contributed by atoms with Crippen molar-refractivity contribution in [3.05, 3.63) is 51.4 Å². The lowest BCUT2D eigenvalue weighted by Crippen LogP contribution is -2.52. The van der Waals surface area contributed by atoms with Crippen LogP contribution >= 0.6 is 23.2 Å². The molecule has 0 spiro atoms. The zero-order valence-corrected chi connectivity index (χ0v) is 28.1. The van der Waals surface area contributed by atoms with E-state index in [0.29, 0.717) is 49.0 Å². The summed E-state index contributed by atoms with van der Waals surface area (Å²) in [5, 5.41) is 25.1. The van der Waals surface area contributed by atoms with Gasteiger partial charge in [-0.2, -0.15) is 5.26 Å². The minimum atomic E-state index is -0.633. The number of phenols is 1. The molecule has 47 heavy (non-hydrogen) atoms. The van der Waals surface area contributed by atoms with Gasteiger partial charge in [-0.15, -0.1) is 0 Å². The molecule has 2 aromatic heterocycles. The number of nitrogens with zero attached hydrogens (tertiary/aromatic N) is 5. The van der Waals surface area contributed by atoms with Crippen molar-refractivity contribution < 1.29 is 19.0 Å². The zero-order valence-electron chi connectivity index (χ0n) is 26.6. The van der Waals surface area contributed by atoms with Crippen LogP contribution in [0.1, 0.15) is 50.9 Å². The number of pyridine rings is 1. The van der Waals surface area contributed by atoms with Crippen LogP contribution in [0.15, 0.2) is 24.3 Å². The molecule has 3 unspecified atom stereocenters. The summed E-state index contributed by atoms with van der Waals surface area (Å²) in [5.74, 6) is -0.00229. The SMILES string of the molecule is CCOc1nc2c(F)c(-c3cc(O)cc(Cl)c3Cl)c(CCC#N)cc2c2c1cc(CN1CCN(C(C)C)CC1=O)n2C1C2CNC1C2. The molecule has 1 aliphatic carbocycles. The second kappa shape index (κ2) is 12.4. The van der Waals surface area contributed by atoms with Crippen LogP contribution in [0.5, 0.6) is 11.6 Å². The van der Waals surface area contributed by atoms with Crippen molar-refractivity contribution in [2.45, 2.75) is 64.7 Å². The number of rotatable bonds is 9. The Morgan fingerprint density at radius 2 is 2.02 bits per heavy atom. The van der Waals surface area contributed by atoms with Crippen LogP contribution in [-0.2, 0) is 17.8 Å². The summed E-state index contributed by atoms with van der Waals surface area (Å²) < 4.78 is 25.5. The van der Waals surface area contributed by atoms with E-state index >= 15 is 4.39 Å². The molecule has 12 heteroatoms. The highest BCUT2D eigenvalue weighted by atomic mass is 35.5. The third-order valence-electron chi connectivity index (χ3n) is 10.0. The second-order valence-corrected chi connectivity index (χ2v) is 13.9. The van der Waals surface area contributed by atoms with E-state index in [9.17, 15) is 15.2 Å². The maximum atomic E-state index is 17.1. The van der Waals surface area contributed by atoms with E-state index in [2.05, 4.69) is 40.8 Å². The van der Waals surface area contributed by atoms with E-state index in [-0.39, 0.29) is 69.3 Å². The summed E-state index contributed by atoms with van der Waals surface area (Å²) in [4.78, 5) is 22.2. The molecule has 5 heterocycles. The Hall–Kier alpha value is -3.62. The lowest BCUT2D eigenvalue weighted by molar-refractivity contribution is -0.137. The van der Waals surface area contributed by atoms with Gasteiger partial charge in [0.05, 0.1) is 52.8 Å². The largest absolute Gasteiger partial charge is 0.508 e. The number of hydrogen-bond acceptors (Lipinski definition) is 7. The molecule has 3 saturated heterocycles. The summed E-state index contributed by atoms with van der Waals surface area (Å²) in [6.07, 6.45) is 1.44. The van der Waals surface area contributed by atoms with Crippen molar-refractivity contribution in [2.75, 3.05) is 32.8 Å². The highest BCUT2D eigenvalue weighted by molar-refractivity contribution is 6.44. The summed E-state index contributed by atoms with van der Waals surface area (Å²) >= 11 is 12.9. The molecule has 9 nitrogen and oxygen atoms in total. The zero-order chi connectivity index (χ0) is 33.1. The number of carbonyl (C=O) groups is 1. The van der Waals surface area contributed by atoms with Gasteiger partial charge in [-0.3, -0.25) is 9.69 Å². The van der Waals surface area contributed by atoms with E-state index in [1.54, 1.807) is 0 Å². The van der Waals surface area contributed by atoms with E-state index in [1.165, 1.54) is 12.1 Å². The number of ether oxygens (including phenoxy) is 1. The van der Waals surface area contributed by atoms with Gasteiger partial charge in [0.15, 0.2) is 5.82 Å². The van der Waals surface area contributed by atoms with Gasteiger partial charge < -0.3 is 24.6 Å². The van der Waals surface area contributed by atoms with Gasteiger partial charge >= 0.3 is 0 Å². The molecule has 3 aliphatic heterocycles. The van der Waals surface area contributed by atoms with Gasteiger partial charge in [0.1, 0.15) is 11.3 Å². The minimum Gasteiger partial charge on any atom is -0.508 e. The van der Waals surface area contributed by atoms with Gasteiger partial charge in [-0.1, -0.05) is 23.2 Å². The van der Waals surface area contributed by atoms with Crippen molar-refractivity contribution in [2.24, 2.45) is 5.92 Å². The second-order valence-electron chi connectivity index (χ2n) is 13.1. The van der Waals surface area contributed by atoms with Gasteiger partial charge in [-0.25, -0.2) is 9.37 Å². The molecule has 8 rings (SSSR count). The molecule has 2 aromatic carbocycles. The van der Waals surface area contributed by atoms with Crippen LogP contribution in [0.2, 0.25) is 10.0 Å². The smallest absolute Gasteiger partial charge is 0.237 e. The first-order valence-corrected chi connectivity index (χ1v) is 17.0. The van der Waals surface area contributed by atoms with Gasteiger partial charge in [0, 0.05) is 66.4 Å². The van der Waals surface area contributed by atoms with Gasteiger partial charge in [-0.05, 0) is 63.3 Å². The summed E-state index contributed by atoms with van der Waals surface area (Å²) in [5.41, 5.74) is 2.77. The van der Waals surface area contributed by atoms with Crippen LogP contribution < -0.4 is 10.1 Å². The van der Waals surface area contributed by atoms with E-state index in [0.717, 1.165) is 36.1 Å². The van der Waals surface area contributed by atoms with Crippen molar-refractivity contribution in [3.63, 3.8) is 0 Å². The molecular weight excluding hydrogens is 642 g/mol. The number of nitrogens with one attached hydrogen (secondary N) is 1. The van der Waals surface area contributed by atoms with E-state index in [4.69, 9.17) is 32.9 Å². The summed E-state index contributed by atoms with van der Waals surface area (Å²) in [7, 11) is 0. The van der Waals surface area contributed by atoms with Crippen LogP contribution in [0.25, 0.3) is 32.9 Å². The van der Waals surface area contributed by atoms with Crippen molar-refractivity contribution in [1.82, 2.24) is 24.7 Å². The fraction of sp³-hybridized carbons (Fsp3) is 0.457. The number of aromatic nitrogens is 2. The topological polar surface area (TPSA) is 107 Å². The molecular formula is C35H37Cl2FN6O3. The number of aromatic hydroxyl groups is 1. The molecule has 1 amide bonds. The number of aryl methyl sites for hydroxylation is 1. The van der Waals surface area contributed by atoms with Crippen LogP contribution in [-0.4, -0.2) is 75.2 Å². The Bertz CT molecular complexity index is 1940. The fourth-order valence-corrected chi connectivity index (χ4v) is 8.09. The van der Waals surface area contributed by atoms with Crippen LogP contribution in [0.3, 0.4) is 0 Å². The number of carbonyl (C=O) groups excluding carboxylic acids is 1. The summed E-state index contributed by atoms with van der Waals surface area (Å²) in [6.45, 7) is 9.50. The van der Waals surface area contributed by atoms with E-state index in [1.807, 2.05) is 17.9 Å². The first-order chi connectivity index (χ1) is 22.6. The number of piperazine rings is 1.